The predicted molar refractivity (Wildman–Crippen MR) is 85.4 cm³/mol. The highest BCUT2D eigenvalue weighted by Gasteiger charge is 2.36. The molecule has 0 saturated carbocycles. The highest BCUT2D eigenvalue weighted by molar-refractivity contribution is 8.01. The average Bonchev–Trinajstić information content (AvgIpc) is 2.54. The van der Waals surface area contributed by atoms with Crippen LogP contribution in [0.25, 0.3) is 0 Å². The summed E-state index contributed by atoms with van der Waals surface area (Å²) in [7, 11) is -1.58. The quantitative estimate of drug-likeness (QED) is 0.890. The fourth-order valence-electron chi connectivity index (χ4n) is 2.24. The van der Waals surface area contributed by atoms with Crippen molar-refractivity contribution in [2.75, 3.05) is 36.2 Å². The van der Waals surface area contributed by atoms with E-state index in [1.54, 1.807) is 38.0 Å². The summed E-state index contributed by atoms with van der Waals surface area (Å²) in [6.45, 7) is 2.05. The van der Waals surface area contributed by atoms with E-state index in [0.717, 1.165) is 5.75 Å². The number of anilines is 1. The molecule has 0 bridgehead atoms. The lowest BCUT2D eigenvalue weighted by molar-refractivity contribution is 0.0750. The van der Waals surface area contributed by atoms with Crippen molar-refractivity contribution < 1.29 is 13.2 Å². The van der Waals surface area contributed by atoms with Gasteiger partial charge in [0.2, 0.25) is 0 Å². The Bertz CT molecular complexity index is 619. The van der Waals surface area contributed by atoms with E-state index in [1.165, 1.54) is 11.1 Å². The van der Waals surface area contributed by atoms with E-state index in [-0.39, 0.29) is 11.7 Å². The van der Waals surface area contributed by atoms with Crippen LogP contribution in [0.3, 0.4) is 0 Å². The number of carbonyl (C=O) groups is 1. The second kappa shape index (κ2) is 6.65. The summed E-state index contributed by atoms with van der Waals surface area (Å²) in [4.78, 5) is 18.2. The number of thioether (sulfide) groups is 1. The van der Waals surface area contributed by atoms with Crippen molar-refractivity contribution in [2.24, 2.45) is 0 Å². The van der Waals surface area contributed by atoms with Crippen LogP contribution in [0.1, 0.15) is 17.3 Å². The van der Waals surface area contributed by atoms with E-state index in [9.17, 15) is 13.2 Å². The number of aromatic nitrogens is 1. The van der Waals surface area contributed by atoms with Crippen molar-refractivity contribution >= 4 is 33.2 Å². The van der Waals surface area contributed by atoms with Crippen molar-refractivity contribution in [2.45, 2.75) is 12.3 Å². The van der Waals surface area contributed by atoms with Gasteiger partial charge in [0, 0.05) is 48.9 Å². The first-order valence-corrected chi connectivity index (χ1v) is 9.60. The molecule has 2 rings (SSSR count). The van der Waals surface area contributed by atoms with Gasteiger partial charge in [-0.1, -0.05) is 6.92 Å². The van der Waals surface area contributed by atoms with Crippen molar-refractivity contribution in [3.05, 3.63) is 24.0 Å². The molecule has 0 radical (unpaired) electrons. The van der Waals surface area contributed by atoms with Gasteiger partial charge in [0.15, 0.2) is 9.84 Å². The molecule has 0 spiro atoms. The normalized spacial score (nSPS) is 19.3. The summed E-state index contributed by atoms with van der Waals surface area (Å²) in [6, 6.07) is 1.70. The minimum Gasteiger partial charge on any atom is -0.387 e. The molecule has 1 amide bonds. The van der Waals surface area contributed by atoms with Crippen molar-refractivity contribution in [3.8, 4) is 0 Å². The van der Waals surface area contributed by atoms with Crippen LogP contribution in [0, 0.1) is 0 Å². The first-order chi connectivity index (χ1) is 10.0. The molecule has 21 heavy (non-hydrogen) atoms. The maximum absolute atomic E-state index is 12.7. The molecule has 1 aliphatic heterocycles. The minimum atomic E-state index is -3.30. The largest absolute Gasteiger partial charge is 0.387 e. The van der Waals surface area contributed by atoms with Crippen LogP contribution in [0.4, 0.5) is 5.69 Å². The molecule has 2 heterocycles. The molecule has 1 N–H and O–H groups in total. The Balaban J connectivity index is 2.35. The van der Waals surface area contributed by atoms with E-state index >= 15 is 0 Å². The molecule has 1 aliphatic rings. The predicted octanol–water partition coefficient (Wildman–Crippen LogP) is 1.07. The Kier molecular flexibility index (Phi) is 5.10. The van der Waals surface area contributed by atoms with Gasteiger partial charge in [-0.3, -0.25) is 9.78 Å². The maximum atomic E-state index is 12.7. The Morgan fingerprint density at radius 2 is 2.33 bits per heavy atom. The number of nitrogens with one attached hydrogen (secondary N) is 1. The van der Waals surface area contributed by atoms with Gasteiger partial charge in [-0.15, -0.1) is 0 Å². The van der Waals surface area contributed by atoms with Crippen LogP contribution in [-0.2, 0) is 9.84 Å². The standard InChI is InChI=1S/C13H19N3O3S2/c1-3-21(18,19)12-9-20-7-6-16(12)13(17)10-8-15-5-4-11(10)14-2/h4-5,8,12H,3,6-7,9H2,1-2H3,(H,14,15). The fraction of sp³-hybridized carbons (Fsp3) is 0.538. The number of nitrogens with zero attached hydrogens (tertiary/aromatic N) is 2. The van der Waals surface area contributed by atoms with Gasteiger partial charge in [0.1, 0.15) is 5.37 Å². The van der Waals surface area contributed by atoms with Crippen molar-refractivity contribution in [1.29, 1.82) is 0 Å². The lowest BCUT2D eigenvalue weighted by Crippen LogP contribution is -2.50. The van der Waals surface area contributed by atoms with Gasteiger partial charge in [-0.25, -0.2) is 8.42 Å². The second-order valence-corrected chi connectivity index (χ2v) is 8.25. The van der Waals surface area contributed by atoms with Crippen molar-refractivity contribution in [3.63, 3.8) is 0 Å². The monoisotopic (exact) mass is 329 g/mol. The van der Waals surface area contributed by atoms with Crippen LogP contribution in [-0.4, -0.2) is 60.4 Å². The van der Waals surface area contributed by atoms with Crippen LogP contribution >= 0.6 is 11.8 Å². The van der Waals surface area contributed by atoms with Gasteiger partial charge in [0.05, 0.1) is 5.56 Å². The molecule has 116 valence electrons. The molecule has 1 atom stereocenters. The number of pyridine rings is 1. The summed E-state index contributed by atoms with van der Waals surface area (Å²) in [6.07, 6.45) is 3.07. The van der Waals surface area contributed by atoms with Gasteiger partial charge >= 0.3 is 0 Å². The number of hydrogen-bond donors (Lipinski definition) is 1. The van der Waals surface area contributed by atoms with Gasteiger partial charge < -0.3 is 10.2 Å². The summed E-state index contributed by atoms with van der Waals surface area (Å²) in [5.41, 5.74) is 1.06. The molecule has 1 aromatic heterocycles. The Morgan fingerprint density at radius 1 is 1.57 bits per heavy atom. The average molecular weight is 329 g/mol. The maximum Gasteiger partial charge on any atom is 0.258 e. The summed E-state index contributed by atoms with van der Waals surface area (Å²) in [5, 5.41) is 2.19. The number of sulfone groups is 1. The highest BCUT2D eigenvalue weighted by Crippen LogP contribution is 2.25. The number of amides is 1. The molecule has 0 aromatic carbocycles. The number of rotatable bonds is 4. The molecular formula is C13H19N3O3S2. The third-order valence-electron chi connectivity index (χ3n) is 3.48. The van der Waals surface area contributed by atoms with E-state index in [2.05, 4.69) is 10.3 Å². The second-order valence-electron chi connectivity index (χ2n) is 4.65. The molecular weight excluding hydrogens is 310 g/mol. The molecule has 1 aromatic rings. The third kappa shape index (κ3) is 3.32. The number of hydrogen-bond acceptors (Lipinski definition) is 6. The summed E-state index contributed by atoms with van der Waals surface area (Å²) in [5.74, 6) is 0.927. The SMILES string of the molecule is CCS(=O)(=O)C1CSCCN1C(=O)c1cnccc1NC. The van der Waals surface area contributed by atoms with Gasteiger partial charge in [0.25, 0.3) is 5.91 Å². The summed E-state index contributed by atoms with van der Waals surface area (Å²) >= 11 is 1.57. The van der Waals surface area contributed by atoms with E-state index in [1.807, 2.05) is 0 Å². The van der Waals surface area contributed by atoms with Crippen LogP contribution in [0.2, 0.25) is 0 Å². The Morgan fingerprint density at radius 3 is 3.00 bits per heavy atom. The molecule has 1 unspecified atom stereocenters. The lowest BCUT2D eigenvalue weighted by atomic mass is 10.2. The molecule has 0 aliphatic carbocycles. The lowest BCUT2D eigenvalue weighted by Gasteiger charge is -2.35. The third-order valence-corrected chi connectivity index (χ3v) is 6.77. The zero-order valence-electron chi connectivity index (χ0n) is 12.1. The van der Waals surface area contributed by atoms with Crippen molar-refractivity contribution in [1.82, 2.24) is 9.88 Å². The van der Waals surface area contributed by atoms with E-state index in [0.29, 0.717) is 23.5 Å². The van der Waals surface area contributed by atoms with Gasteiger partial charge in [-0.05, 0) is 6.07 Å². The number of carbonyl (C=O) groups excluding carboxylic acids is 1. The molecule has 1 fully saturated rings. The summed E-state index contributed by atoms with van der Waals surface area (Å²) < 4.78 is 24.4. The van der Waals surface area contributed by atoms with E-state index < -0.39 is 15.2 Å². The fourth-order valence-corrected chi connectivity index (χ4v) is 5.21. The smallest absolute Gasteiger partial charge is 0.258 e. The zero-order valence-corrected chi connectivity index (χ0v) is 13.7. The topological polar surface area (TPSA) is 79.4 Å². The van der Waals surface area contributed by atoms with Crippen LogP contribution < -0.4 is 5.32 Å². The van der Waals surface area contributed by atoms with Crippen LogP contribution in [0.5, 0.6) is 0 Å². The Hall–Kier alpha value is -1.28. The molecule has 1 saturated heterocycles. The Labute approximate surface area is 129 Å². The molecule has 6 nitrogen and oxygen atoms in total. The van der Waals surface area contributed by atoms with Crippen LogP contribution in [0.15, 0.2) is 18.5 Å². The highest BCUT2D eigenvalue weighted by atomic mass is 32.2. The zero-order chi connectivity index (χ0) is 15.5. The molecule has 8 heteroatoms. The first kappa shape index (κ1) is 16.1. The van der Waals surface area contributed by atoms with E-state index in [4.69, 9.17) is 0 Å². The van der Waals surface area contributed by atoms with Gasteiger partial charge in [-0.2, -0.15) is 11.8 Å². The first-order valence-electron chi connectivity index (χ1n) is 6.73. The minimum absolute atomic E-state index is 0.0356.